The third-order valence-electron chi connectivity index (χ3n) is 13.3. The van der Waals surface area contributed by atoms with E-state index in [1.807, 2.05) is 6.20 Å². The Morgan fingerprint density at radius 1 is 0.485 bits per heavy atom. The standard InChI is InChI=1S/C64H65N3O/c1-41(2)33-47-37-52(29-30-53(47)45-21-16-13-17-22-45)67-58-24-18-23-54(59(58)66-61(67)55-39-51(63(6,7)8)40-56(60(55)68)64(9,10)11)48-34-49(36-50(35-48)62(3,4)5)57-38-46(31-32-65-57)44-27-25-43(26-28-44)42-19-14-12-15-20-42/h12-32,34-41,68H,33H2,1-11H3. The Hall–Kier alpha value is -7.04. The molecule has 0 unspecified atom stereocenters. The maximum atomic E-state index is 12.5. The maximum absolute atomic E-state index is 12.5. The number of hydrogen-bond acceptors (Lipinski definition) is 3. The van der Waals surface area contributed by atoms with E-state index in [4.69, 9.17) is 9.97 Å². The van der Waals surface area contributed by atoms with Crippen LogP contribution in [0.5, 0.6) is 5.75 Å². The molecular weight excluding hydrogens is 827 g/mol. The van der Waals surface area contributed by atoms with Crippen LogP contribution in [0.2, 0.25) is 0 Å². The van der Waals surface area contributed by atoms with E-state index in [1.54, 1.807) is 0 Å². The second-order valence-electron chi connectivity index (χ2n) is 22.1. The van der Waals surface area contributed by atoms with Crippen LogP contribution in [-0.2, 0) is 22.7 Å². The lowest BCUT2D eigenvalue weighted by Crippen LogP contribution is -2.17. The Labute approximate surface area is 404 Å². The van der Waals surface area contributed by atoms with Gasteiger partial charge in [-0.3, -0.25) is 9.55 Å². The molecule has 4 nitrogen and oxygen atoms in total. The van der Waals surface area contributed by atoms with Crippen molar-refractivity contribution in [2.45, 2.75) is 98.8 Å². The van der Waals surface area contributed by atoms with Crippen LogP contribution in [0.15, 0.2) is 170 Å². The number of para-hydroxylation sites is 1. The van der Waals surface area contributed by atoms with Gasteiger partial charge >= 0.3 is 0 Å². The van der Waals surface area contributed by atoms with Crippen molar-refractivity contribution in [3.05, 3.63) is 192 Å². The van der Waals surface area contributed by atoms with Gasteiger partial charge in [-0.2, -0.15) is 0 Å². The molecule has 4 heteroatoms. The number of rotatable bonds is 9. The molecule has 0 aliphatic rings. The molecule has 2 aromatic heterocycles. The lowest BCUT2D eigenvalue weighted by molar-refractivity contribution is 0.446. The molecule has 0 spiro atoms. The van der Waals surface area contributed by atoms with Gasteiger partial charge in [-0.25, -0.2) is 4.98 Å². The van der Waals surface area contributed by atoms with E-state index in [0.717, 1.165) is 73.3 Å². The Morgan fingerprint density at radius 2 is 1.09 bits per heavy atom. The van der Waals surface area contributed by atoms with Gasteiger partial charge in [-0.05, 0) is 133 Å². The lowest BCUT2D eigenvalue weighted by atomic mass is 9.79. The first-order valence-corrected chi connectivity index (χ1v) is 24.2. The van der Waals surface area contributed by atoms with Crippen LogP contribution in [0.1, 0.15) is 98.4 Å². The van der Waals surface area contributed by atoms with Gasteiger partial charge in [0.15, 0.2) is 0 Å². The number of imidazole rings is 1. The van der Waals surface area contributed by atoms with Crippen LogP contribution in [0.25, 0.3) is 83.9 Å². The Morgan fingerprint density at radius 3 is 1.72 bits per heavy atom. The normalized spacial score (nSPS) is 12.3. The second-order valence-corrected chi connectivity index (χ2v) is 22.1. The van der Waals surface area contributed by atoms with Crippen molar-refractivity contribution in [1.29, 1.82) is 0 Å². The summed E-state index contributed by atoms with van der Waals surface area (Å²) >= 11 is 0. The molecule has 0 bridgehead atoms. The highest BCUT2D eigenvalue weighted by molar-refractivity contribution is 5.97. The molecule has 0 atom stereocenters. The van der Waals surface area contributed by atoms with Crippen molar-refractivity contribution < 1.29 is 5.11 Å². The van der Waals surface area contributed by atoms with E-state index in [1.165, 1.54) is 33.4 Å². The Balaban J connectivity index is 1.27. The summed E-state index contributed by atoms with van der Waals surface area (Å²) in [5, 5.41) is 12.5. The highest BCUT2D eigenvalue weighted by atomic mass is 16.3. The van der Waals surface area contributed by atoms with Crippen LogP contribution >= 0.6 is 0 Å². The fraction of sp³-hybridized carbons (Fsp3) is 0.250. The number of benzene rings is 7. The van der Waals surface area contributed by atoms with Crippen LogP contribution in [0.3, 0.4) is 0 Å². The minimum atomic E-state index is -0.315. The molecule has 0 saturated heterocycles. The number of phenolic OH excluding ortho intramolecular Hbond substituents is 1. The molecule has 9 aromatic rings. The van der Waals surface area contributed by atoms with Crippen molar-refractivity contribution in [3.8, 4) is 78.6 Å². The van der Waals surface area contributed by atoms with Crippen LogP contribution in [0.4, 0.5) is 0 Å². The first-order chi connectivity index (χ1) is 32.3. The van der Waals surface area contributed by atoms with E-state index in [-0.39, 0.29) is 22.0 Å². The first-order valence-electron chi connectivity index (χ1n) is 24.2. The number of fused-ring (bicyclic) bond motifs is 1. The van der Waals surface area contributed by atoms with Gasteiger partial charge in [0, 0.05) is 28.6 Å². The van der Waals surface area contributed by atoms with E-state index < -0.39 is 0 Å². The largest absolute Gasteiger partial charge is 0.507 e. The molecule has 0 amide bonds. The van der Waals surface area contributed by atoms with E-state index >= 15 is 0 Å². The molecule has 0 fully saturated rings. The molecule has 0 aliphatic carbocycles. The number of aromatic hydroxyl groups is 1. The van der Waals surface area contributed by atoms with Crippen LogP contribution in [-0.4, -0.2) is 19.6 Å². The third kappa shape index (κ3) is 9.30. The van der Waals surface area contributed by atoms with Gasteiger partial charge in [0.25, 0.3) is 0 Å². The van der Waals surface area contributed by atoms with E-state index in [9.17, 15) is 5.11 Å². The molecule has 0 saturated carbocycles. The van der Waals surface area contributed by atoms with E-state index in [0.29, 0.717) is 11.7 Å². The summed E-state index contributed by atoms with van der Waals surface area (Å²) in [6.45, 7) is 24.6. The quantitative estimate of drug-likeness (QED) is 0.157. The SMILES string of the molecule is CC(C)Cc1cc(-n2c(-c3cc(C(C)(C)C)cc(C(C)(C)C)c3O)nc3c(-c4cc(-c5cc(-c6ccc(-c7ccccc7)cc6)ccn5)cc(C(C)(C)C)c4)cccc32)ccc1-c1ccccc1. The minimum Gasteiger partial charge on any atom is -0.507 e. The second kappa shape index (κ2) is 17.9. The zero-order chi connectivity index (χ0) is 48.1. The average molecular weight is 892 g/mol. The maximum Gasteiger partial charge on any atom is 0.149 e. The molecule has 68 heavy (non-hydrogen) atoms. The first kappa shape index (κ1) is 46.1. The molecule has 9 rings (SSSR count). The molecule has 0 aliphatic heterocycles. The predicted molar refractivity (Wildman–Crippen MR) is 288 cm³/mol. The Kier molecular flexibility index (Phi) is 12.1. The summed E-state index contributed by atoms with van der Waals surface area (Å²) in [5.41, 5.74) is 18.6. The van der Waals surface area contributed by atoms with Crippen LogP contribution in [0, 0.1) is 5.92 Å². The number of hydrogen-bond donors (Lipinski definition) is 1. The highest BCUT2D eigenvalue weighted by Gasteiger charge is 2.29. The summed E-state index contributed by atoms with van der Waals surface area (Å²) in [6, 6.07) is 58.9. The van der Waals surface area contributed by atoms with Gasteiger partial charge in [-0.1, -0.05) is 191 Å². The zero-order valence-electron chi connectivity index (χ0n) is 41.7. The van der Waals surface area contributed by atoms with Gasteiger partial charge in [0.2, 0.25) is 0 Å². The van der Waals surface area contributed by atoms with Crippen molar-refractivity contribution in [2.24, 2.45) is 5.92 Å². The topological polar surface area (TPSA) is 50.9 Å². The van der Waals surface area contributed by atoms with Gasteiger partial charge in [-0.15, -0.1) is 0 Å². The molecule has 342 valence electrons. The van der Waals surface area contributed by atoms with Crippen LogP contribution < -0.4 is 0 Å². The van der Waals surface area contributed by atoms with Crippen molar-refractivity contribution in [3.63, 3.8) is 0 Å². The van der Waals surface area contributed by atoms with Gasteiger partial charge in [0.1, 0.15) is 11.6 Å². The molecule has 1 N–H and O–H groups in total. The summed E-state index contributed by atoms with van der Waals surface area (Å²) in [4.78, 5) is 10.7. The zero-order valence-corrected chi connectivity index (χ0v) is 41.7. The number of phenols is 1. The molecule has 2 heterocycles. The minimum absolute atomic E-state index is 0.149. The lowest BCUT2D eigenvalue weighted by Gasteiger charge is -2.27. The van der Waals surface area contributed by atoms with Crippen molar-refractivity contribution >= 4 is 11.0 Å². The number of nitrogens with zero attached hydrogens (tertiary/aromatic N) is 3. The molecule has 0 radical (unpaired) electrons. The number of aromatic nitrogens is 3. The third-order valence-corrected chi connectivity index (χ3v) is 13.3. The monoisotopic (exact) mass is 892 g/mol. The molecular formula is C64H65N3O. The fourth-order valence-electron chi connectivity index (χ4n) is 9.43. The smallest absolute Gasteiger partial charge is 0.149 e. The number of pyridine rings is 1. The average Bonchev–Trinajstić information content (AvgIpc) is 3.70. The fourth-order valence-corrected chi connectivity index (χ4v) is 9.43. The van der Waals surface area contributed by atoms with Gasteiger partial charge in [0.05, 0.1) is 22.3 Å². The highest BCUT2D eigenvalue weighted by Crippen LogP contribution is 2.45. The van der Waals surface area contributed by atoms with Crippen molar-refractivity contribution in [2.75, 3.05) is 0 Å². The summed E-state index contributed by atoms with van der Waals surface area (Å²) < 4.78 is 2.29. The summed E-state index contributed by atoms with van der Waals surface area (Å²) in [5.74, 6) is 1.42. The molecule has 7 aromatic carbocycles. The predicted octanol–water partition coefficient (Wildman–Crippen LogP) is 17.2. The van der Waals surface area contributed by atoms with Crippen molar-refractivity contribution in [1.82, 2.24) is 14.5 Å². The summed E-state index contributed by atoms with van der Waals surface area (Å²) in [6.07, 6.45) is 2.84. The summed E-state index contributed by atoms with van der Waals surface area (Å²) in [7, 11) is 0. The Bertz CT molecular complexity index is 3260. The van der Waals surface area contributed by atoms with E-state index in [2.05, 4.69) is 245 Å². The van der Waals surface area contributed by atoms with Gasteiger partial charge < -0.3 is 5.11 Å².